The lowest BCUT2D eigenvalue weighted by Gasteiger charge is -2.30. The number of amides is 1. The second kappa shape index (κ2) is 5.20. The van der Waals surface area contributed by atoms with E-state index in [1.807, 2.05) is 6.92 Å². The molecule has 0 aliphatic carbocycles. The smallest absolute Gasteiger partial charge is 0.308 e. The topological polar surface area (TPSA) is 83.6 Å². The van der Waals surface area contributed by atoms with Gasteiger partial charge in [0.15, 0.2) is 12.1 Å². The number of carboxylic acid groups (broad SMARTS) is 1. The van der Waals surface area contributed by atoms with Gasteiger partial charge in [-0.25, -0.2) is 4.98 Å². The zero-order valence-corrected chi connectivity index (χ0v) is 10.3. The minimum atomic E-state index is -0.844. The standard InChI is InChI=1S/C12H16N2O4/c1-2-9-10(13-7-18-9)11(15)14-5-3-4-8(6-14)12(16)17/h7-8H,2-6H2,1H3,(H,16,17). The van der Waals surface area contributed by atoms with Gasteiger partial charge in [-0.2, -0.15) is 0 Å². The number of hydrogen-bond donors (Lipinski definition) is 1. The number of hydrogen-bond acceptors (Lipinski definition) is 4. The molecule has 18 heavy (non-hydrogen) atoms. The second-order valence-corrected chi connectivity index (χ2v) is 4.41. The fourth-order valence-corrected chi connectivity index (χ4v) is 2.21. The van der Waals surface area contributed by atoms with Crippen molar-refractivity contribution in [3.05, 3.63) is 17.8 Å². The van der Waals surface area contributed by atoms with Gasteiger partial charge in [0.05, 0.1) is 5.92 Å². The molecule has 1 aliphatic heterocycles. The summed E-state index contributed by atoms with van der Waals surface area (Å²) in [7, 11) is 0. The van der Waals surface area contributed by atoms with E-state index in [1.165, 1.54) is 6.39 Å². The average molecular weight is 252 g/mol. The number of nitrogens with zero attached hydrogens (tertiary/aromatic N) is 2. The molecule has 0 spiro atoms. The Morgan fingerprint density at radius 1 is 1.61 bits per heavy atom. The molecule has 1 aromatic heterocycles. The van der Waals surface area contributed by atoms with E-state index in [0.717, 1.165) is 0 Å². The lowest BCUT2D eigenvalue weighted by atomic mass is 9.98. The Hall–Kier alpha value is -1.85. The minimum absolute atomic E-state index is 0.230. The largest absolute Gasteiger partial charge is 0.481 e. The number of likely N-dealkylation sites (tertiary alicyclic amines) is 1. The van der Waals surface area contributed by atoms with Crippen molar-refractivity contribution in [2.75, 3.05) is 13.1 Å². The monoisotopic (exact) mass is 252 g/mol. The van der Waals surface area contributed by atoms with Crippen LogP contribution in [0.15, 0.2) is 10.8 Å². The molecule has 1 atom stereocenters. The van der Waals surface area contributed by atoms with Gasteiger partial charge in [-0.1, -0.05) is 6.92 Å². The van der Waals surface area contributed by atoms with Gasteiger partial charge in [-0.05, 0) is 12.8 Å². The zero-order valence-electron chi connectivity index (χ0n) is 10.3. The van der Waals surface area contributed by atoms with E-state index in [9.17, 15) is 9.59 Å². The Morgan fingerprint density at radius 3 is 3.06 bits per heavy atom. The first-order chi connectivity index (χ1) is 8.63. The molecule has 0 saturated carbocycles. The molecule has 2 heterocycles. The molecular formula is C12H16N2O4. The Labute approximate surface area is 105 Å². The Morgan fingerprint density at radius 2 is 2.39 bits per heavy atom. The fraction of sp³-hybridized carbons (Fsp3) is 0.583. The summed E-state index contributed by atoms with van der Waals surface area (Å²) in [5, 5.41) is 9.00. The van der Waals surface area contributed by atoms with Crippen molar-refractivity contribution in [1.29, 1.82) is 0 Å². The van der Waals surface area contributed by atoms with Crippen molar-refractivity contribution in [2.45, 2.75) is 26.2 Å². The van der Waals surface area contributed by atoms with Crippen LogP contribution in [0.1, 0.15) is 36.0 Å². The Kier molecular flexibility index (Phi) is 3.64. The number of carboxylic acids is 1. The molecule has 98 valence electrons. The van der Waals surface area contributed by atoms with Crippen molar-refractivity contribution >= 4 is 11.9 Å². The van der Waals surface area contributed by atoms with Gasteiger partial charge in [-0.15, -0.1) is 0 Å². The summed E-state index contributed by atoms with van der Waals surface area (Å²) in [6, 6.07) is 0. The molecule has 1 unspecified atom stereocenters. The van der Waals surface area contributed by atoms with Gasteiger partial charge in [0, 0.05) is 19.5 Å². The number of carbonyl (C=O) groups excluding carboxylic acids is 1. The van der Waals surface area contributed by atoms with Gasteiger partial charge < -0.3 is 14.4 Å². The highest BCUT2D eigenvalue weighted by Crippen LogP contribution is 2.19. The highest BCUT2D eigenvalue weighted by Gasteiger charge is 2.30. The number of oxazole rings is 1. The number of aryl methyl sites for hydroxylation is 1. The number of piperidine rings is 1. The van der Waals surface area contributed by atoms with Crippen LogP contribution in [0.4, 0.5) is 0 Å². The van der Waals surface area contributed by atoms with Crippen molar-refractivity contribution in [2.24, 2.45) is 5.92 Å². The number of carbonyl (C=O) groups is 2. The zero-order chi connectivity index (χ0) is 13.1. The van der Waals surface area contributed by atoms with E-state index in [-0.39, 0.29) is 12.5 Å². The van der Waals surface area contributed by atoms with Gasteiger partial charge in [0.25, 0.3) is 5.91 Å². The predicted molar refractivity (Wildman–Crippen MR) is 62.1 cm³/mol. The van der Waals surface area contributed by atoms with E-state index in [2.05, 4.69) is 4.98 Å². The summed E-state index contributed by atoms with van der Waals surface area (Å²) >= 11 is 0. The summed E-state index contributed by atoms with van der Waals surface area (Å²) in [6.07, 6.45) is 3.18. The van der Waals surface area contributed by atoms with Crippen LogP contribution in [-0.4, -0.2) is 40.0 Å². The molecule has 0 bridgehead atoms. The first-order valence-corrected chi connectivity index (χ1v) is 6.08. The summed E-state index contributed by atoms with van der Waals surface area (Å²) in [4.78, 5) is 28.7. The van der Waals surface area contributed by atoms with Crippen LogP contribution in [-0.2, 0) is 11.2 Å². The molecule has 2 rings (SSSR count). The first-order valence-electron chi connectivity index (χ1n) is 6.08. The maximum atomic E-state index is 12.2. The molecule has 1 N–H and O–H groups in total. The van der Waals surface area contributed by atoms with Crippen LogP contribution < -0.4 is 0 Å². The average Bonchev–Trinajstić information content (AvgIpc) is 2.86. The molecule has 0 aromatic carbocycles. The maximum Gasteiger partial charge on any atom is 0.308 e. The number of aliphatic carboxylic acids is 1. The first kappa shape index (κ1) is 12.6. The summed E-state index contributed by atoms with van der Waals surface area (Å²) in [6.45, 7) is 2.72. The molecule has 1 fully saturated rings. The van der Waals surface area contributed by atoms with E-state index in [4.69, 9.17) is 9.52 Å². The van der Waals surface area contributed by atoms with E-state index in [1.54, 1.807) is 4.90 Å². The highest BCUT2D eigenvalue weighted by atomic mass is 16.4. The molecule has 0 radical (unpaired) electrons. The van der Waals surface area contributed by atoms with Crippen molar-refractivity contribution in [3.8, 4) is 0 Å². The molecule has 1 aliphatic rings. The second-order valence-electron chi connectivity index (χ2n) is 4.41. The molecule has 1 aromatic rings. The molecule has 1 saturated heterocycles. The third-order valence-electron chi connectivity index (χ3n) is 3.22. The lowest BCUT2D eigenvalue weighted by molar-refractivity contribution is -0.143. The van der Waals surface area contributed by atoms with E-state index >= 15 is 0 Å². The SMILES string of the molecule is CCc1ocnc1C(=O)N1CCCC(C(=O)O)C1. The van der Waals surface area contributed by atoms with Crippen LogP contribution in [0.3, 0.4) is 0 Å². The van der Waals surface area contributed by atoms with Crippen LogP contribution in [0.5, 0.6) is 0 Å². The Bertz CT molecular complexity index is 455. The van der Waals surface area contributed by atoms with Gasteiger partial charge in [0.2, 0.25) is 0 Å². The van der Waals surface area contributed by atoms with Crippen molar-refractivity contribution in [1.82, 2.24) is 9.88 Å². The summed E-state index contributed by atoms with van der Waals surface area (Å²) < 4.78 is 5.13. The normalized spacial score (nSPS) is 19.8. The minimum Gasteiger partial charge on any atom is -0.481 e. The molecule has 6 nitrogen and oxygen atoms in total. The van der Waals surface area contributed by atoms with Crippen molar-refractivity contribution in [3.63, 3.8) is 0 Å². The predicted octanol–water partition coefficient (Wildman–Crippen LogP) is 1.17. The number of aromatic nitrogens is 1. The fourth-order valence-electron chi connectivity index (χ4n) is 2.21. The molecule has 6 heteroatoms. The van der Waals surface area contributed by atoms with Gasteiger partial charge in [0.1, 0.15) is 5.76 Å². The van der Waals surface area contributed by atoms with Crippen LogP contribution >= 0.6 is 0 Å². The molecular weight excluding hydrogens is 236 g/mol. The lowest BCUT2D eigenvalue weighted by Crippen LogP contribution is -2.42. The van der Waals surface area contributed by atoms with Crippen molar-refractivity contribution < 1.29 is 19.1 Å². The highest BCUT2D eigenvalue weighted by molar-refractivity contribution is 5.93. The van der Waals surface area contributed by atoms with Gasteiger partial charge >= 0.3 is 5.97 Å². The maximum absolute atomic E-state index is 12.2. The van der Waals surface area contributed by atoms with E-state index in [0.29, 0.717) is 37.3 Å². The van der Waals surface area contributed by atoms with Crippen LogP contribution in [0, 0.1) is 5.92 Å². The Balaban J connectivity index is 2.11. The summed E-state index contributed by atoms with van der Waals surface area (Å²) in [5.41, 5.74) is 0.309. The van der Waals surface area contributed by atoms with E-state index < -0.39 is 11.9 Å². The molecule has 1 amide bonds. The quantitative estimate of drug-likeness (QED) is 0.873. The third kappa shape index (κ3) is 2.37. The summed E-state index contributed by atoms with van der Waals surface area (Å²) in [5.74, 6) is -0.993. The number of rotatable bonds is 3. The van der Waals surface area contributed by atoms with Crippen LogP contribution in [0.2, 0.25) is 0 Å². The van der Waals surface area contributed by atoms with Crippen LogP contribution in [0.25, 0.3) is 0 Å². The third-order valence-corrected chi connectivity index (χ3v) is 3.22. The van der Waals surface area contributed by atoms with Gasteiger partial charge in [-0.3, -0.25) is 9.59 Å².